The quantitative estimate of drug-likeness (QED) is 0.505. The van der Waals surface area contributed by atoms with Crippen LogP contribution in [0.3, 0.4) is 0 Å². The maximum atomic E-state index is 5.39. The molecule has 0 amide bonds. The number of hydrogen-bond acceptors (Lipinski definition) is 2. The maximum absolute atomic E-state index is 5.39. The largest absolute Gasteiger partial charge is 0.400 e. The second-order valence-electron chi connectivity index (χ2n) is 5.05. The Hall–Kier alpha value is -0.313. The summed E-state index contributed by atoms with van der Waals surface area (Å²) in [6, 6.07) is 0. The van der Waals surface area contributed by atoms with Crippen LogP contribution in [0.1, 0.15) is 32.1 Å². The molecule has 1 fully saturated rings. The Bertz CT molecular complexity index is 176. The summed E-state index contributed by atoms with van der Waals surface area (Å²) in [5, 5.41) is 4.22. The SMILES string of the molecule is C[Si](C)(C)CON=C1CCCCC1. The third-order valence-electron chi connectivity index (χ3n) is 2.12. The monoisotopic (exact) mass is 199 g/mol. The molecular weight excluding hydrogens is 178 g/mol. The van der Waals surface area contributed by atoms with Gasteiger partial charge in [0.15, 0.2) is 0 Å². The highest BCUT2D eigenvalue weighted by Gasteiger charge is 2.14. The van der Waals surface area contributed by atoms with E-state index >= 15 is 0 Å². The van der Waals surface area contributed by atoms with Crippen LogP contribution in [0.4, 0.5) is 0 Å². The van der Waals surface area contributed by atoms with Gasteiger partial charge in [0.1, 0.15) is 6.23 Å². The minimum absolute atomic E-state index is 0.858. The molecule has 0 spiro atoms. The van der Waals surface area contributed by atoms with Crippen LogP contribution in [0.25, 0.3) is 0 Å². The summed E-state index contributed by atoms with van der Waals surface area (Å²) < 4.78 is 0. The Labute approximate surface area is 82.4 Å². The Kier molecular flexibility index (Phi) is 3.97. The molecule has 0 N–H and O–H groups in total. The third kappa shape index (κ3) is 5.08. The van der Waals surface area contributed by atoms with E-state index in [-0.39, 0.29) is 0 Å². The highest BCUT2D eigenvalue weighted by atomic mass is 28.3. The fourth-order valence-corrected chi connectivity index (χ4v) is 1.82. The number of nitrogens with zero attached hydrogens (tertiary/aromatic N) is 1. The van der Waals surface area contributed by atoms with Crippen molar-refractivity contribution in [2.45, 2.75) is 51.7 Å². The second-order valence-corrected chi connectivity index (χ2v) is 10.5. The molecule has 1 saturated carbocycles. The Morgan fingerprint density at radius 1 is 1.15 bits per heavy atom. The maximum Gasteiger partial charge on any atom is 0.105 e. The Balaban J connectivity index is 2.22. The highest BCUT2D eigenvalue weighted by molar-refractivity contribution is 6.76. The molecule has 76 valence electrons. The lowest BCUT2D eigenvalue weighted by Gasteiger charge is -2.15. The van der Waals surface area contributed by atoms with Gasteiger partial charge in [-0.3, -0.25) is 0 Å². The Morgan fingerprint density at radius 2 is 1.77 bits per heavy atom. The van der Waals surface area contributed by atoms with E-state index in [1.54, 1.807) is 0 Å². The summed E-state index contributed by atoms with van der Waals surface area (Å²) in [4.78, 5) is 5.39. The summed E-state index contributed by atoms with van der Waals surface area (Å²) in [5.74, 6) is 0. The molecule has 3 heteroatoms. The molecule has 0 bridgehead atoms. The van der Waals surface area contributed by atoms with Crippen LogP contribution < -0.4 is 0 Å². The van der Waals surface area contributed by atoms with Crippen LogP contribution in [0.5, 0.6) is 0 Å². The van der Waals surface area contributed by atoms with Crippen molar-refractivity contribution in [1.82, 2.24) is 0 Å². The molecule has 0 aromatic carbocycles. The molecule has 0 saturated heterocycles. The molecule has 0 radical (unpaired) electrons. The topological polar surface area (TPSA) is 21.6 Å². The van der Waals surface area contributed by atoms with Crippen molar-refractivity contribution in [3.05, 3.63) is 0 Å². The van der Waals surface area contributed by atoms with E-state index in [0.29, 0.717) is 0 Å². The minimum Gasteiger partial charge on any atom is -0.400 e. The van der Waals surface area contributed by atoms with Crippen molar-refractivity contribution >= 4 is 13.8 Å². The van der Waals surface area contributed by atoms with Crippen molar-refractivity contribution in [2.24, 2.45) is 5.16 Å². The first kappa shape index (κ1) is 10.8. The van der Waals surface area contributed by atoms with Crippen molar-refractivity contribution < 1.29 is 4.84 Å². The Morgan fingerprint density at radius 3 is 2.31 bits per heavy atom. The van der Waals surface area contributed by atoms with Crippen molar-refractivity contribution in [1.29, 1.82) is 0 Å². The molecule has 0 unspecified atom stereocenters. The molecule has 1 aliphatic carbocycles. The van der Waals surface area contributed by atoms with Gasteiger partial charge in [0.05, 0.1) is 13.8 Å². The van der Waals surface area contributed by atoms with Crippen molar-refractivity contribution in [3.63, 3.8) is 0 Å². The number of rotatable bonds is 3. The molecule has 0 heterocycles. The van der Waals surface area contributed by atoms with Gasteiger partial charge in [-0.25, -0.2) is 0 Å². The fraction of sp³-hybridized carbons (Fsp3) is 0.900. The van der Waals surface area contributed by atoms with Crippen LogP contribution in [0, 0.1) is 0 Å². The van der Waals surface area contributed by atoms with Gasteiger partial charge in [-0.1, -0.05) is 31.2 Å². The van der Waals surface area contributed by atoms with Crippen LogP contribution in [-0.4, -0.2) is 20.0 Å². The average Bonchev–Trinajstić information content (AvgIpc) is 2.04. The van der Waals surface area contributed by atoms with Gasteiger partial charge in [0, 0.05) is 0 Å². The zero-order chi connectivity index (χ0) is 9.73. The lowest BCUT2D eigenvalue weighted by Crippen LogP contribution is -2.27. The van der Waals surface area contributed by atoms with E-state index in [1.807, 2.05) is 0 Å². The number of oxime groups is 1. The van der Waals surface area contributed by atoms with Crippen LogP contribution in [-0.2, 0) is 4.84 Å². The van der Waals surface area contributed by atoms with E-state index in [1.165, 1.54) is 25.0 Å². The van der Waals surface area contributed by atoms with Gasteiger partial charge < -0.3 is 4.84 Å². The number of hydrogen-bond donors (Lipinski definition) is 0. The molecule has 0 aliphatic heterocycles. The van der Waals surface area contributed by atoms with Gasteiger partial charge >= 0.3 is 0 Å². The lowest BCUT2D eigenvalue weighted by atomic mass is 9.99. The average molecular weight is 199 g/mol. The van der Waals surface area contributed by atoms with Crippen molar-refractivity contribution in [3.8, 4) is 0 Å². The summed E-state index contributed by atoms with van der Waals surface area (Å²) >= 11 is 0. The van der Waals surface area contributed by atoms with Gasteiger partial charge in [0.25, 0.3) is 0 Å². The summed E-state index contributed by atoms with van der Waals surface area (Å²) in [7, 11) is -1.07. The standard InChI is InChI=1S/C10H21NOSi/c1-13(2,3)9-12-11-10-7-5-4-6-8-10/h4-9H2,1-3H3. The van der Waals surface area contributed by atoms with E-state index in [0.717, 1.165) is 19.1 Å². The van der Waals surface area contributed by atoms with Crippen molar-refractivity contribution in [2.75, 3.05) is 6.23 Å². The minimum atomic E-state index is -1.07. The molecular formula is C10H21NOSi. The molecule has 1 aliphatic rings. The highest BCUT2D eigenvalue weighted by Crippen LogP contribution is 2.15. The predicted molar refractivity (Wildman–Crippen MR) is 59.8 cm³/mol. The molecule has 1 rings (SSSR count). The first-order valence-corrected chi connectivity index (χ1v) is 8.96. The zero-order valence-electron chi connectivity index (χ0n) is 9.10. The van der Waals surface area contributed by atoms with Crippen LogP contribution in [0.2, 0.25) is 19.6 Å². The predicted octanol–water partition coefficient (Wildman–Crippen LogP) is 3.20. The van der Waals surface area contributed by atoms with Gasteiger partial charge in [-0.2, -0.15) is 0 Å². The van der Waals surface area contributed by atoms with E-state index in [9.17, 15) is 0 Å². The van der Waals surface area contributed by atoms with E-state index < -0.39 is 8.07 Å². The smallest absolute Gasteiger partial charge is 0.105 e. The second kappa shape index (κ2) is 4.79. The first-order chi connectivity index (χ1) is 6.08. The lowest BCUT2D eigenvalue weighted by molar-refractivity contribution is 0.183. The first-order valence-electron chi connectivity index (χ1n) is 5.26. The zero-order valence-corrected chi connectivity index (χ0v) is 10.1. The van der Waals surface area contributed by atoms with Gasteiger partial charge in [-0.05, 0) is 25.7 Å². The van der Waals surface area contributed by atoms with Crippen LogP contribution in [0.15, 0.2) is 5.16 Å². The van der Waals surface area contributed by atoms with E-state index in [2.05, 4.69) is 24.8 Å². The molecule has 0 aromatic rings. The molecule has 13 heavy (non-hydrogen) atoms. The van der Waals surface area contributed by atoms with Crippen LogP contribution >= 0.6 is 0 Å². The molecule has 0 aromatic heterocycles. The van der Waals surface area contributed by atoms with Gasteiger partial charge in [0.2, 0.25) is 0 Å². The van der Waals surface area contributed by atoms with Gasteiger partial charge in [-0.15, -0.1) is 0 Å². The third-order valence-corrected chi connectivity index (χ3v) is 3.12. The summed E-state index contributed by atoms with van der Waals surface area (Å²) in [6.07, 6.45) is 7.14. The fourth-order valence-electron chi connectivity index (χ4n) is 1.37. The molecule has 0 atom stereocenters. The summed E-state index contributed by atoms with van der Waals surface area (Å²) in [5.41, 5.74) is 1.28. The molecule has 2 nitrogen and oxygen atoms in total. The summed E-state index contributed by atoms with van der Waals surface area (Å²) in [6.45, 7) is 6.90. The normalized spacial score (nSPS) is 18.5. The van der Waals surface area contributed by atoms with E-state index in [4.69, 9.17) is 4.84 Å².